The lowest BCUT2D eigenvalue weighted by molar-refractivity contribution is -0.189. The number of hydrogen-bond donors (Lipinski definition) is 1. The Hall–Kier alpha value is -4.54. The van der Waals surface area contributed by atoms with Crippen LogP contribution in [0.2, 0.25) is 0 Å². The van der Waals surface area contributed by atoms with E-state index in [0.29, 0.717) is 22.3 Å². The average Bonchev–Trinajstić information content (AvgIpc) is 3.59. The second-order valence-corrected chi connectivity index (χ2v) is 11.1. The van der Waals surface area contributed by atoms with E-state index in [4.69, 9.17) is 10.00 Å². The van der Waals surface area contributed by atoms with Gasteiger partial charge in [0.1, 0.15) is 5.75 Å². The maximum absolute atomic E-state index is 13.3. The lowest BCUT2D eigenvalue weighted by Gasteiger charge is -2.27. The van der Waals surface area contributed by atoms with Gasteiger partial charge < -0.3 is 9.64 Å². The molecule has 0 bridgehead atoms. The number of hydrogen-bond acceptors (Lipinski definition) is 8. The number of carbonyl (C=O) groups is 2. The fraction of sp³-hybridized carbons (Fsp3) is 0.276. The van der Waals surface area contributed by atoms with E-state index in [0.717, 1.165) is 35.4 Å². The largest absolute Gasteiger partial charge is 0.491 e. The van der Waals surface area contributed by atoms with Gasteiger partial charge in [0.2, 0.25) is 0 Å². The summed E-state index contributed by atoms with van der Waals surface area (Å²) in [5.74, 6) is -3.71. The molecule has 0 saturated heterocycles. The number of aromatic nitrogens is 3. The zero-order valence-corrected chi connectivity index (χ0v) is 23.4. The summed E-state index contributed by atoms with van der Waals surface area (Å²) in [6.45, 7) is -0.0880. The van der Waals surface area contributed by atoms with Gasteiger partial charge in [0, 0.05) is 28.2 Å². The van der Waals surface area contributed by atoms with Crippen LogP contribution in [0.3, 0.4) is 0 Å². The fourth-order valence-corrected chi connectivity index (χ4v) is 5.76. The van der Waals surface area contributed by atoms with Gasteiger partial charge in [0.25, 0.3) is 5.91 Å². The molecule has 0 saturated carbocycles. The third kappa shape index (κ3) is 6.35. The number of thiazole rings is 1. The second-order valence-electron chi connectivity index (χ2n) is 10.0. The Morgan fingerprint density at radius 2 is 1.95 bits per heavy atom. The third-order valence-electron chi connectivity index (χ3n) is 6.94. The number of ether oxygens (including phenoxy) is 1. The molecule has 13 heteroatoms. The van der Waals surface area contributed by atoms with Crippen LogP contribution in [0.15, 0.2) is 54.9 Å². The number of benzene rings is 2. The number of rotatable bonds is 7. The van der Waals surface area contributed by atoms with Gasteiger partial charge >= 0.3 is 12.1 Å². The van der Waals surface area contributed by atoms with Crippen LogP contribution < -0.4 is 10.1 Å². The molecule has 216 valence electrons. The molecule has 0 unspecified atom stereocenters. The lowest BCUT2D eigenvalue weighted by Crippen LogP contribution is -2.32. The van der Waals surface area contributed by atoms with E-state index < -0.39 is 23.8 Å². The molecular weight excluding hydrogens is 569 g/mol. The highest BCUT2D eigenvalue weighted by Gasteiger charge is 2.42. The minimum atomic E-state index is -5.27. The predicted octanol–water partition coefficient (Wildman–Crippen LogP) is 5.07. The highest BCUT2D eigenvalue weighted by atomic mass is 32.1. The number of anilines is 1. The molecule has 4 aromatic rings. The van der Waals surface area contributed by atoms with Crippen molar-refractivity contribution >= 4 is 28.3 Å². The van der Waals surface area contributed by atoms with Crippen molar-refractivity contribution in [1.82, 2.24) is 19.7 Å². The maximum Gasteiger partial charge on any atom is 0.491 e. The molecule has 0 spiro atoms. The van der Waals surface area contributed by atoms with Crippen molar-refractivity contribution < 1.29 is 27.5 Å². The molecule has 0 fully saturated rings. The molecule has 0 aliphatic heterocycles. The van der Waals surface area contributed by atoms with Crippen molar-refractivity contribution in [3.8, 4) is 22.9 Å². The summed E-state index contributed by atoms with van der Waals surface area (Å²) in [5, 5.41) is 16.3. The number of alkyl halides is 3. The molecular formula is C29H25F3N6O3S. The zero-order valence-electron chi connectivity index (χ0n) is 22.6. The second kappa shape index (κ2) is 11.8. The third-order valence-corrected chi connectivity index (χ3v) is 7.98. The molecule has 1 amide bonds. The van der Waals surface area contributed by atoms with E-state index in [1.807, 2.05) is 20.2 Å². The highest BCUT2D eigenvalue weighted by molar-refractivity contribution is 7.15. The van der Waals surface area contributed by atoms with Gasteiger partial charge in [0.15, 0.2) is 5.13 Å². The van der Waals surface area contributed by atoms with Crippen molar-refractivity contribution in [2.24, 2.45) is 0 Å². The minimum absolute atomic E-state index is 0.0880. The molecule has 0 radical (unpaired) electrons. The predicted molar refractivity (Wildman–Crippen MR) is 149 cm³/mol. The van der Waals surface area contributed by atoms with Crippen LogP contribution in [-0.2, 0) is 24.2 Å². The Morgan fingerprint density at radius 1 is 1.19 bits per heavy atom. The van der Waals surface area contributed by atoms with Gasteiger partial charge in [-0.2, -0.15) is 23.5 Å². The van der Waals surface area contributed by atoms with Gasteiger partial charge in [0.05, 0.1) is 35.6 Å². The lowest BCUT2D eigenvalue weighted by atomic mass is 9.97. The van der Waals surface area contributed by atoms with E-state index in [-0.39, 0.29) is 17.7 Å². The number of amides is 1. The smallest absolute Gasteiger partial charge is 0.419 e. The number of likely N-dealkylation sites (N-methyl/N-ethyl adjacent to an activating group) is 1. The van der Waals surface area contributed by atoms with Crippen molar-refractivity contribution in [2.75, 3.05) is 19.4 Å². The Bertz CT molecular complexity index is 1670. The number of aryl methyl sites for hydroxylation is 1. The van der Waals surface area contributed by atoms with Crippen LogP contribution >= 0.6 is 11.3 Å². The molecule has 2 aromatic heterocycles. The number of para-hydroxylation sites is 1. The van der Waals surface area contributed by atoms with Gasteiger partial charge in [-0.15, -0.1) is 11.3 Å². The number of esters is 1. The van der Waals surface area contributed by atoms with Gasteiger partial charge in [-0.3, -0.25) is 14.8 Å². The van der Waals surface area contributed by atoms with Crippen molar-refractivity contribution in [3.05, 3.63) is 82.1 Å². The molecule has 2 heterocycles. The Labute approximate surface area is 243 Å². The van der Waals surface area contributed by atoms with Crippen molar-refractivity contribution in [2.45, 2.75) is 38.0 Å². The zero-order chi connectivity index (χ0) is 30.0. The number of nitrogens with zero attached hydrogens (tertiary/aromatic N) is 5. The number of halogens is 3. The van der Waals surface area contributed by atoms with Crippen LogP contribution in [0, 0.1) is 11.3 Å². The SMILES string of the molecule is CN(C)[C@H]1CCc2nc(NC(=O)c3cccc(Cn4cc(-c5ccc(C#N)cc5)cn4)c3OC(=O)C(F)(F)F)sc2C1. The molecule has 5 rings (SSSR count). The van der Waals surface area contributed by atoms with Crippen LogP contribution in [0.5, 0.6) is 5.75 Å². The van der Waals surface area contributed by atoms with Crippen LogP contribution in [-0.4, -0.2) is 57.9 Å². The maximum atomic E-state index is 13.3. The topological polar surface area (TPSA) is 113 Å². The first kappa shape index (κ1) is 29.0. The first-order chi connectivity index (χ1) is 20.0. The molecule has 42 heavy (non-hydrogen) atoms. The quantitative estimate of drug-likeness (QED) is 0.235. The number of fused-ring (bicyclic) bond motifs is 1. The molecule has 1 N–H and O–H groups in total. The number of nitrogens with one attached hydrogen (secondary N) is 1. The molecule has 1 atom stereocenters. The van der Waals surface area contributed by atoms with E-state index in [1.165, 1.54) is 34.2 Å². The molecule has 1 aliphatic carbocycles. The van der Waals surface area contributed by atoms with E-state index in [2.05, 4.69) is 20.3 Å². The summed E-state index contributed by atoms with van der Waals surface area (Å²) in [7, 11) is 4.01. The first-order valence-corrected chi connectivity index (χ1v) is 13.7. The molecule has 2 aromatic carbocycles. The van der Waals surface area contributed by atoms with Crippen LogP contribution in [0.1, 0.15) is 38.5 Å². The normalized spacial score (nSPS) is 14.7. The number of nitriles is 1. The van der Waals surface area contributed by atoms with Gasteiger partial charge in [-0.05, 0) is 57.1 Å². The average molecular weight is 595 g/mol. The summed E-state index contributed by atoms with van der Waals surface area (Å²) in [5.41, 5.74) is 2.76. The summed E-state index contributed by atoms with van der Waals surface area (Å²) < 4.78 is 45.9. The standard InChI is InChI=1S/C29H25F3N6O3S/c1-37(2)21-10-11-23-24(12-21)42-28(35-23)36-26(39)22-5-3-4-19(25(22)41-27(40)29(30,31)32)15-38-16-20(14-34-38)18-8-6-17(13-33)7-9-18/h3-9,14,16,21H,10-12,15H2,1-2H3,(H,35,36,39)/t21-/m0/s1. The molecule has 9 nitrogen and oxygen atoms in total. The monoisotopic (exact) mass is 594 g/mol. The minimum Gasteiger partial charge on any atom is -0.419 e. The van der Waals surface area contributed by atoms with Crippen LogP contribution in [0.25, 0.3) is 11.1 Å². The van der Waals surface area contributed by atoms with E-state index >= 15 is 0 Å². The fourth-order valence-electron chi connectivity index (χ4n) is 4.69. The Morgan fingerprint density at radius 3 is 2.64 bits per heavy atom. The highest BCUT2D eigenvalue weighted by Crippen LogP contribution is 2.33. The summed E-state index contributed by atoms with van der Waals surface area (Å²) in [6, 6.07) is 13.5. The Balaban J connectivity index is 1.42. The van der Waals surface area contributed by atoms with Gasteiger partial charge in [-0.25, -0.2) is 9.78 Å². The van der Waals surface area contributed by atoms with Crippen molar-refractivity contribution in [1.29, 1.82) is 5.26 Å². The summed E-state index contributed by atoms with van der Waals surface area (Å²) in [6.07, 6.45) is 0.412. The number of carbonyl (C=O) groups excluding carboxylic acids is 2. The first-order valence-electron chi connectivity index (χ1n) is 12.9. The summed E-state index contributed by atoms with van der Waals surface area (Å²) >= 11 is 1.32. The van der Waals surface area contributed by atoms with Gasteiger partial charge in [-0.1, -0.05) is 24.3 Å². The van der Waals surface area contributed by atoms with Crippen LogP contribution in [0.4, 0.5) is 18.3 Å². The van der Waals surface area contributed by atoms with Crippen molar-refractivity contribution in [3.63, 3.8) is 0 Å². The van der Waals surface area contributed by atoms with E-state index in [9.17, 15) is 22.8 Å². The summed E-state index contributed by atoms with van der Waals surface area (Å²) in [4.78, 5) is 32.9. The Kier molecular flexibility index (Phi) is 8.11. The molecule has 1 aliphatic rings. The van der Waals surface area contributed by atoms with E-state index in [1.54, 1.807) is 36.7 Å².